The van der Waals surface area contributed by atoms with Gasteiger partial charge in [-0.25, -0.2) is 18.5 Å². The van der Waals surface area contributed by atoms with Gasteiger partial charge in [-0.15, -0.1) is 0 Å². The average molecular weight is 391 g/mol. The van der Waals surface area contributed by atoms with Crippen LogP contribution in [-0.4, -0.2) is 40.0 Å². The zero-order chi connectivity index (χ0) is 20.1. The summed E-state index contributed by atoms with van der Waals surface area (Å²) in [5.41, 5.74) is -0.458. The maximum Gasteiger partial charge on any atom is 0.326 e. The Morgan fingerprint density at radius 1 is 1.14 bits per heavy atom. The molecule has 0 radical (unpaired) electrons. The number of hydrogen-bond donors (Lipinski definition) is 1. The fraction of sp³-hybridized carbons (Fsp3) is 0.619. The van der Waals surface area contributed by atoms with Gasteiger partial charge in [0.25, 0.3) is 5.91 Å². The van der Waals surface area contributed by atoms with E-state index in [0.717, 1.165) is 38.2 Å². The minimum absolute atomic E-state index is 0.0848. The number of amides is 3. The van der Waals surface area contributed by atoms with Gasteiger partial charge in [0.05, 0.1) is 6.67 Å². The van der Waals surface area contributed by atoms with Gasteiger partial charge in [0.15, 0.2) is 0 Å². The Balaban J connectivity index is 1.54. The standard InChI is InChI=1S/C21H27F2N3O2/c1-13-4-3-5-14(2)21(13)19(27)26(20(28)24-21)12-25(17-8-9-17)11-15-6-7-16(22)10-18(15)23/h6-7,10,13-14,17H,3-5,8-9,11-12H2,1-2H3,(H,24,28)/t13-,14-/m0/s1. The van der Waals surface area contributed by atoms with Crippen LogP contribution >= 0.6 is 0 Å². The van der Waals surface area contributed by atoms with Gasteiger partial charge in [0, 0.05) is 24.2 Å². The summed E-state index contributed by atoms with van der Waals surface area (Å²) in [6, 6.07) is 3.38. The highest BCUT2D eigenvalue weighted by Gasteiger charge is 2.58. The number of hydrogen-bond acceptors (Lipinski definition) is 3. The third-order valence-corrected chi connectivity index (χ3v) is 6.76. The molecule has 3 aliphatic rings. The van der Waals surface area contributed by atoms with Crippen molar-refractivity contribution < 1.29 is 18.4 Å². The van der Waals surface area contributed by atoms with E-state index in [9.17, 15) is 18.4 Å². The van der Waals surface area contributed by atoms with Crippen LogP contribution in [0.4, 0.5) is 13.6 Å². The van der Waals surface area contributed by atoms with E-state index < -0.39 is 17.2 Å². The third-order valence-electron chi connectivity index (χ3n) is 6.76. The second-order valence-corrected chi connectivity index (χ2v) is 8.62. The Kier molecular flexibility index (Phi) is 4.89. The molecule has 28 heavy (non-hydrogen) atoms. The van der Waals surface area contributed by atoms with Crippen LogP contribution < -0.4 is 5.32 Å². The zero-order valence-electron chi connectivity index (χ0n) is 16.4. The highest BCUT2D eigenvalue weighted by molar-refractivity contribution is 6.07. The molecule has 2 atom stereocenters. The first kappa shape index (κ1) is 19.3. The van der Waals surface area contributed by atoms with Gasteiger partial charge >= 0.3 is 6.03 Å². The predicted molar refractivity (Wildman–Crippen MR) is 100 cm³/mol. The summed E-state index contributed by atoms with van der Waals surface area (Å²) in [5, 5.41) is 3.00. The van der Waals surface area contributed by atoms with Gasteiger partial charge in [-0.3, -0.25) is 9.69 Å². The van der Waals surface area contributed by atoms with Crippen LogP contribution in [0.3, 0.4) is 0 Å². The number of imide groups is 1. The number of rotatable bonds is 5. The van der Waals surface area contributed by atoms with Gasteiger partial charge in [0.2, 0.25) is 0 Å². The molecule has 1 aromatic carbocycles. The first-order chi connectivity index (χ1) is 13.3. The lowest BCUT2D eigenvalue weighted by molar-refractivity contribution is -0.138. The van der Waals surface area contributed by atoms with Gasteiger partial charge in [-0.1, -0.05) is 26.3 Å². The Bertz CT molecular complexity index is 786. The first-order valence-corrected chi connectivity index (χ1v) is 10.1. The van der Waals surface area contributed by atoms with Crippen LogP contribution in [0.1, 0.15) is 51.5 Å². The molecule has 1 aliphatic heterocycles. The van der Waals surface area contributed by atoms with Crippen molar-refractivity contribution >= 4 is 11.9 Å². The van der Waals surface area contributed by atoms with E-state index in [1.165, 1.54) is 17.0 Å². The molecule has 0 bridgehead atoms. The van der Waals surface area contributed by atoms with E-state index in [1.54, 1.807) is 0 Å². The molecule has 0 aromatic heterocycles. The second-order valence-electron chi connectivity index (χ2n) is 8.62. The molecule has 1 heterocycles. The molecule has 2 saturated carbocycles. The summed E-state index contributed by atoms with van der Waals surface area (Å²) < 4.78 is 27.3. The van der Waals surface area contributed by atoms with E-state index in [-0.39, 0.29) is 43.0 Å². The number of halogens is 2. The number of nitrogens with one attached hydrogen (secondary N) is 1. The maximum absolute atomic E-state index is 14.1. The summed E-state index contributed by atoms with van der Waals surface area (Å²) in [4.78, 5) is 29.3. The fourth-order valence-corrected chi connectivity index (χ4v) is 4.87. The van der Waals surface area contributed by atoms with E-state index in [1.807, 2.05) is 18.7 Å². The van der Waals surface area contributed by atoms with E-state index in [0.29, 0.717) is 5.56 Å². The molecule has 1 aromatic rings. The molecular weight excluding hydrogens is 364 g/mol. The van der Waals surface area contributed by atoms with Crippen molar-refractivity contribution in [1.29, 1.82) is 0 Å². The predicted octanol–water partition coefficient (Wildman–Crippen LogP) is 3.63. The third kappa shape index (κ3) is 3.19. The molecule has 1 saturated heterocycles. The molecule has 0 unspecified atom stereocenters. The highest BCUT2D eigenvalue weighted by Crippen LogP contribution is 2.42. The molecule has 5 nitrogen and oxygen atoms in total. The van der Waals surface area contributed by atoms with Gasteiger partial charge in [-0.05, 0) is 43.6 Å². The van der Waals surface area contributed by atoms with Crippen molar-refractivity contribution in [2.24, 2.45) is 11.8 Å². The van der Waals surface area contributed by atoms with Crippen molar-refractivity contribution in [3.05, 3.63) is 35.4 Å². The quantitative estimate of drug-likeness (QED) is 0.780. The molecule has 3 fully saturated rings. The zero-order valence-corrected chi connectivity index (χ0v) is 16.4. The minimum atomic E-state index is -0.828. The molecule has 1 N–H and O–H groups in total. The summed E-state index contributed by atoms with van der Waals surface area (Å²) in [5.74, 6) is -1.21. The van der Waals surface area contributed by atoms with Crippen LogP contribution in [0.5, 0.6) is 0 Å². The van der Waals surface area contributed by atoms with Crippen molar-refractivity contribution in [3.63, 3.8) is 0 Å². The smallest absolute Gasteiger partial charge is 0.323 e. The van der Waals surface area contributed by atoms with Gasteiger partial charge in [-0.2, -0.15) is 0 Å². The van der Waals surface area contributed by atoms with Gasteiger partial charge in [0.1, 0.15) is 17.2 Å². The minimum Gasteiger partial charge on any atom is -0.323 e. The second kappa shape index (κ2) is 7.10. The monoisotopic (exact) mass is 391 g/mol. The molecule has 152 valence electrons. The van der Waals surface area contributed by atoms with Crippen molar-refractivity contribution in [2.75, 3.05) is 6.67 Å². The Morgan fingerprint density at radius 2 is 1.82 bits per heavy atom. The molecule has 7 heteroatoms. The highest BCUT2D eigenvalue weighted by atomic mass is 19.1. The summed E-state index contributed by atoms with van der Waals surface area (Å²) in [6.45, 7) is 4.44. The number of carbonyl (C=O) groups is 2. The van der Waals surface area contributed by atoms with E-state index in [4.69, 9.17) is 0 Å². The molecule has 3 amide bonds. The largest absolute Gasteiger partial charge is 0.326 e. The van der Waals surface area contributed by atoms with Crippen molar-refractivity contribution in [2.45, 2.75) is 64.1 Å². The average Bonchev–Trinajstić information content (AvgIpc) is 3.44. The number of benzene rings is 1. The number of nitrogens with zero attached hydrogens (tertiary/aromatic N) is 2. The lowest BCUT2D eigenvalue weighted by Crippen LogP contribution is -2.59. The normalized spacial score (nSPS) is 27.0. The fourth-order valence-electron chi connectivity index (χ4n) is 4.87. The lowest BCUT2D eigenvalue weighted by Gasteiger charge is -2.42. The van der Waals surface area contributed by atoms with Crippen molar-refractivity contribution in [1.82, 2.24) is 15.1 Å². The van der Waals surface area contributed by atoms with Gasteiger partial charge < -0.3 is 5.32 Å². The van der Waals surface area contributed by atoms with Crippen LogP contribution in [0.2, 0.25) is 0 Å². The topological polar surface area (TPSA) is 52.7 Å². The first-order valence-electron chi connectivity index (χ1n) is 10.1. The van der Waals surface area contributed by atoms with E-state index in [2.05, 4.69) is 5.32 Å². The number of carbonyl (C=O) groups excluding carboxylic acids is 2. The van der Waals surface area contributed by atoms with E-state index >= 15 is 0 Å². The molecule has 2 aliphatic carbocycles. The molecule has 4 rings (SSSR count). The number of urea groups is 1. The maximum atomic E-state index is 14.1. The van der Waals surface area contributed by atoms with Crippen molar-refractivity contribution in [3.8, 4) is 0 Å². The SMILES string of the molecule is C[C@H]1CCC[C@H](C)C12NC(=O)N(CN(Cc1ccc(F)cc1F)C1CC1)C2=O. The Labute approximate surface area is 164 Å². The van der Waals surface area contributed by atoms with Crippen LogP contribution in [0, 0.1) is 23.5 Å². The van der Waals surface area contributed by atoms with Crippen LogP contribution in [-0.2, 0) is 11.3 Å². The summed E-state index contributed by atoms with van der Waals surface area (Å²) in [7, 11) is 0. The van der Waals surface area contributed by atoms with Crippen LogP contribution in [0.25, 0.3) is 0 Å². The Hall–Kier alpha value is -2.02. The summed E-state index contributed by atoms with van der Waals surface area (Å²) >= 11 is 0. The molecule has 1 spiro atoms. The summed E-state index contributed by atoms with van der Waals surface area (Å²) in [6.07, 6.45) is 4.79. The lowest BCUT2D eigenvalue weighted by atomic mass is 9.67. The molecular formula is C21H27F2N3O2. The Morgan fingerprint density at radius 3 is 2.43 bits per heavy atom. The van der Waals surface area contributed by atoms with Crippen LogP contribution in [0.15, 0.2) is 18.2 Å².